The number of hydrogen-bond acceptors (Lipinski definition) is 7. The molecule has 1 aromatic heterocycles. The molecule has 1 amide bonds. The Balaban J connectivity index is 1.35. The van der Waals surface area contributed by atoms with Gasteiger partial charge in [-0.2, -0.15) is 0 Å². The number of esters is 1. The first kappa shape index (κ1) is 18.0. The average molecular weight is 392 g/mol. The van der Waals surface area contributed by atoms with E-state index in [-0.39, 0.29) is 42.5 Å². The van der Waals surface area contributed by atoms with Crippen molar-refractivity contribution >= 4 is 32.7 Å². The highest BCUT2D eigenvalue weighted by molar-refractivity contribution is 7.91. The van der Waals surface area contributed by atoms with Gasteiger partial charge in [0.2, 0.25) is 0 Å². The van der Waals surface area contributed by atoms with Gasteiger partial charge in [-0.1, -0.05) is 17.3 Å². The summed E-state index contributed by atoms with van der Waals surface area (Å²) in [5.74, 6) is -0.809. The van der Waals surface area contributed by atoms with E-state index in [1.807, 2.05) is 12.1 Å². The number of fused-ring (bicyclic) bond motifs is 1. The summed E-state index contributed by atoms with van der Waals surface area (Å²) in [6.07, 6.45) is 2.08. The van der Waals surface area contributed by atoms with E-state index in [1.165, 1.54) is 0 Å². The summed E-state index contributed by atoms with van der Waals surface area (Å²) in [5.41, 5.74) is 1.04. The molecule has 9 heteroatoms. The molecular formula is C18H20N2O6S. The Morgan fingerprint density at radius 2 is 1.96 bits per heavy atom. The average Bonchev–Trinajstić information content (AvgIpc) is 3.29. The van der Waals surface area contributed by atoms with Crippen LogP contribution in [0.5, 0.6) is 0 Å². The van der Waals surface area contributed by atoms with Gasteiger partial charge in [-0.05, 0) is 31.4 Å². The van der Waals surface area contributed by atoms with Crippen molar-refractivity contribution in [3.05, 3.63) is 30.0 Å². The summed E-state index contributed by atoms with van der Waals surface area (Å²) >= 11 is 0. The molecule has 0 spiro atoms. The monoisotopic (exact) mass is 392 g/mol. The first-order chi connectivity index (χ1) is 12.9. The third-order valence-corrected chi connectivity index (χ3v) is 6.70. The van der Waals surface area contributed by atoms with Crippen LogP contribution < -0.4 is 0 Å². The first-order valence-corrected chi connectivity index (χ1v) is 10.8. The van der Waals surface area contributed by atoms with Crippen molar-refractivity contribution in [2.75, 3.05) is 18.1 Å². The zero-order chi connectivity index (χ0) is 19.0. The number of carbonyl (C=O) groups is 2. The highest BCUT2D eigenvalue weighted by Crippen LogP contribution is 2.32. The van der Waals surface area contributed by atoms with Crippen LogP contribution in [-0.2, 0) is 30.6 Å². The summed E-state index contributed by atoms with van der Waals surface area (Å²) < 4.78 is 33.7. The highest BCUT2D eigenvalue weighted by Gasteiger charge is 2.42. The van der Waals surface area contributed by atoms with Crippen molar-refractivity contribution in [2.24, 2.45) is 0 Å². The smallest absolute Gasteiger partial charge is 0.312 e. The summed E-state index contributed by atoms with van der Waals surface area (Å²) in [6.45, 7) is -0.387. The molecule has 1 saturated heterocycles. The fourth-order valence-corrected chi connectivity index (χ4v) is 5.23. The van der Waals surface area contributed by atoms with E-state index in [9.17, 15) is 18.0 Å². The minimum absolute atomic E-state index is 0.00584. The number of sulfone groups is 1. The van der Waals surface area contributed by atoms with E-state index in [0.29, 0.717) is 17.7 Å². The van der Waals surface area contributed by atoms with Crippen molar-refractivity contribution in [1.29, 1.82) is 0 Å². The largest absolute Gasteiger partial charge is 0.455 e. The van der Waals surface area contributed by atoms with Crippen LogP contribution in [0.2, 0.25) is 0 Å². The van der Waals surface area contributed by atoms with E-state index >= 15 is 0 Å². The molecule has 1 aliphatic heterocycles. The topological polar surface area (TPSA) is 107 Å². The van der Waals surface area contributed by atoms with E-state index in [0.717, 1.165) is 18.2 Å². The molecule has 2 fully saturated rings. The number of amides is 1. The molecule has 2 aromatic rings. The first-order valence-electron chi connectivity index (χ1n) is 8.93. The van der Waals surface area contributed by atoms with Crippen LogP contribution in [-0.4, -0.2) is 60.5 Å². The maximum Gasteiger partial charge on any atom is 0.312 e. The van der Waals surface area contributed by atoms with Gasteiger partial charge >= 0.3 is 5.97 Å². The van der Waals surface area contributed by atoms with Crippen LogP contribution in [0.1, 0.15) is 25.0 Å². The van der Waals surface area contributed by atoms with Gasteiger partial charge in [0.15, 0.2) is 22.0 Å². The Bertz CT molecular complexity index is 979. The molecule has 0 radical (unpaired) electrons. The Hall–Kier alpha value is -2.42. The second-order valence-corrected chi connectivity index (χ2v) is 9.28. The van der Waals surface area contributed by atoms with Crippen LogP contribution in [0.4, 0.5) is 0 Å². The predicted molar refractivity (Wildman–Crippen MR) is 95.6 cm³/mol. The van der Waals surface area contributed by atoms with E-state index in [1.54, 1.807) is 17.0 Å². The van der Waals surface area contributed by atoms with Gasteiger partial charge < -0.3 is 14.2 Å². The lowest BCUT2D eigenvalue weighted by molar-refractivity contribution is -0.152. The lowest BCUT2D eigenvalue weighted by Gasteiger charge is -2.28. The van der Waals surface area contributed by atoms with Crippen LogP contribution in [0.3, 0.4) is 0 Å². The number of rotatable bonds is 6. The molecule has 2 aliphatic rings. The molecule has 144 valence electrons. The molecular weight excluding hydrogens is 372 g/mol. The van der Waals surface area contributed by atoms with Crippen molar-refractivity contribution in [2.45, 2.75) is 37.8 Å². The van der Waals surface area contributed by atoms with Crippen molar-refractivity contribution in [3.63, 3.8) is 0 Å². The zero-order valence-corrected chi connectivity index (χ0v) is 15.5. The predicted octanol–water partition coefficient (Wildman–Crippen LogP) is 1.09. The number of ether oxygens (including phenoxy) is 1. The molecule has 0 bridgehead atoms. The minimum Gasteiger partial charge on any atom is -0.455 e. The van der Waals surface area contributed by atoms with Crippen molar-refractivity contribution < 1.29 is 27.3 Å². The molecule has 1 aromatic carbocycles. The molecule has 0 N–H and O–H groups in total. The quantitative estimate of drug-likeness (QED) is 0.677. The number of nitrogens with zero attached hydrogens (tertiary/aromatic N) is 2. The number of para-hydroxylation sites is 1. The van der Waals surface area contributed by atoms with E-state index < -0.39 is 15.8 Å². The maximum atomic E-state index is 12.6. The standard InChI is InChI=1S/C18H20N2O6S/c21-17(20(12-5-6-12)13-7-8-27(23,24)11-13)10-25-18(22)9-15-14-3-1-2-4-16(14)26-19-15/h1-4,12-13H,5-11H2/t13-/m1/s1. The lowest BCUT2D eigenvalue weighted by Crippen LogP contribution is -2.44. The third kappa shape index (κ3) is 3.97. The van der Waals surface area contributed by atoms with Crippen LogP contribution >= 0.6 is 0 Å². The van der Waals surface area contributed by atoms with Gasteiger partial charge in [-0.3, -0.25) is 9.59 Å². The highest BCUT2D eigenvalue weighted by atomic mass is 32.2. The molecule has 1 saturated carbocycles. The lowest BCUT2D eigenvalue weighted by atomic mass is 10.2. The van der Waals surface area contributed by atoms with Crippen LogP contribution in [0.15, 0.2) is 28.8 Å². The maximum absolute atomic E-state index is 12.6. The van der Waals surface area contributed by atoms with Gasteiger partial charge in [0.05, 0.1) is 17.9 Å². The molecule has 0 unspecified atom stereocenters. The second-order valence-electron chi connectivity index (χ2n) is 7.05. The number of aromatic nitrogens is 1. The molecule has 1 atom stereocenters. The molecule has 2 heterocycles. The van der Waals surface area contributed by atoms with Gasteiger partial charge in [0.25, 0.3) is 5.91 Å². The number of hydrogen-bond donors (Lipinski definition) is 0. The Kier molecular flexibility index (Phi) is 4.63. The van der Waals surface area contributed by atoms with Gasteiger partial charge in [-0.15, -0.1) is 0 Å². The summed E-state index contributed by atoms with van der Waals surface area (Å²) in [7, 11) is -3.09. The van der Waals surface area contributed by atoms with Gasteiger partial charge in [0.1, 0.15) is 5.69 Å². The molecule has 8 nitrogen and oxygen atoms in total. The fraction of sp³-hybridized carbons (Fsp3) is 0.500. The van der Waals surface area contributed by atoms with Crippen LogP contribution in [0.25, 0.3) is 11.0 Å². The van der Waals surface area contributed by atoms with Crippen molar-refractivity contribution in [1.82, 2.24) is 10.1 Å². The molecule has 1 aliphatic carbocycles. The molecule has 27 heavy (non-hydrogen) atoms. The summed E-state index contributed by atoms with van der Waals surface area (Å²) in [4.78, 5) is 26.3. The third-order valence-electron chi connectivity index (χ3n) is 4.95. The van der Waals surface area contributed by atoms with Gasteiger partial charge in [0, 0.05) is 17.5 Å². The van der Waals surface area contributed by atoms with Gasteiger partial charge in [-0.25, -0.2) is 8.42 Å². The Morgan fingerprint density at radius 3 is 2.67 bits per heavy atom. The number of benzene rings is 1. The minimum atomic E-state index is -3.09. The normalized spacial score (nSPS) is 21.3. The SMILES string of the molecule is O=C(Cc1noc2ccccc12)OCC(=O)N(C1CC1)[C@@H]1CCS(=O)(=O)C1. The Morgan fingerprint density at radius 1 is 1.19 bits per heavy atom. The van der Waals surface area contributed by atoms with E-state index in [2.05, 4.69) is 5.16 Å². The Labute approximate surface area is 156 Å². The second kappa shape index (κ2) is 6.95. The summed E-state index contributed by atoms with van der Waals surface area (Å²) in [6, 6.07) is 6.94. The fourth-order valence-electron chi connectivity index (χ4n) is 3.52. The summed E-state index contributed by atoms with van der Waals surface area (Å²) in [5, 5.41) is 4.61. The van der Waals surface area contributed by atoms with E-state index in [4.69, 9.17) is 9.26 Å². The molecule has 4 rings (SSSR count). The van der Waals surface area contributed by atoms with Crippen LogP contribution in [0, 0.1) is 0 Å². The van der Waals surface area contributed by atoms with Crippen molar-refractivity contribution in [3.8, 4) is 0 Å². The number of carbonyl (C=O) groups excluding carboxylic acids is 2. The zero-order valence-electron chi connectivity index (χ0n) is 14.7.